The lowest BCUT2D eigenvalue weighted by atomic mass is 9.86. The van der Waals surface area contributed by atoms with Crippen LogP contribution in [0.5, 0.6) is 11.5 Å². The minimum absolute atomic E-state index is 0.0172. The third kappa shape index (κ3) is 10.1. The quantitative estimate of drug-likeness (QED) is 0.0645. The molecule has 2 aliphatic rings. The van der Waals surface area contributed by atoms with Gasteiger partial charge in [-0.25, -0.2) is 4.79 Å². The minimum Gasteiger partial charge on any atom is -0.543 e. The van der Waals surface area contributed by atoms with Gasteiger partial charge in [-0.1, -0.05) is 135 Å². The number of hydrogen-bond donors (Lipinski definition) is 2. The molecular weight excluding hydrogens is 769 g/mol. The van der Waals surface area contributed by atoms with E-state index in [1.54, 1.807) is 12.2 Å². The summed E-state index contributed by atoms with van der Waals surface area (Å²) in [6, 6.07) is 4.02. The molecule has 1 fully saturated rings. The number of carbonyl (C=O) groups is 1. The Morgan fingerprint density at radius 1 is 0.842 bits per heavy atom. The molecule has 1 saturated heterocycles. The fourth-order valence-electron chi connectivity index (χ4n) is 9.38. The molecule has 0 aromatic heterocycles. The fraction of sp³-hybridized carbons (Fsp3) is 0.756. The van der Waals surface area contributed by atoms with Gasteiger partial charge in [-0.2, -0.15) is 0 Å². The van der Waals surface area contributed by atoms with Gasteiger partial charge in [0.25, 0.3) is 16.6 Å². The molecule has 2 N–H and O–H groups in total. The molecule has 2 aliphatic heterocycles. The van der Waals surface area contributed by atoms with Crippen molar-refractivity contribution in [1.29, 1.82) is 0 Å². The van der Waals surface area contributed by atoms with Gasteiger partial charge >= 0.3 is 5.97 Å². The highest BCUT2D eigenvalue weighted by molar-refractivity contribution is 6.79. The lowest BCUT2D eigenvalue weighted by Gasteiger charge is -2.49. The second-order valence-corrected chi connectivity index (χ2v) is 35.5. The van der Waals surface area contributed by atoms with E-state index in [1.807, 2.05) is 18.2 Å². The highest BCUT2D eigenvalue weighted by atomic mass is 28.4. The second-order valence-electron chi connectivity index (χ2n) is 19.9. The maximum Gasteiger partial charge on any atom is 0.331 e. The van der Waals surface area contributed by atoms with Crippen LogP contribution in [0, 0.1) is 0 Å². The number of carbonyl (C=O) groups excluding carboxylic acids is 1. The van der Waals surface area contributed by atoms with Crippen LogP contribution < -0.4 is 8.85 Å². The van der Waals surface area contributed by atoms with Crippen molar-refractivity contribution >= 4 is 30.9 Å². The number of rotatable bonds is 18. The molecule has 0 bridgehead atoms. The van der Waals surface area contributed by atoms with E-state index < -0.39 is 61.1 Å². The number of unbranched alkanes of at least 4 members (excludes halogenated alkanes) is 1. The molecule has 5 atom stereocenters. The zero-order valence-corrected chi connectivity index (χ0v) is 41.8. The molecular formula is C45H80O9Si3. The monoisotopic (exact) mass is 849 g/mol. The minimum atomic E-state index is -2.64. The first kappa shape index (κ1) is 49.6. The predicted molar refractivity (Wildman–Crippen MR) is 239 cm³/mol. The largest absolute Gasteiger partial charge is 0.543 e. The van der Waals surface area contributed by atoms with E-state index in [-0.39, 0.29) is 34.9 Å². The zero-order chi connectivity index (χ0) is 43.5. The standard InChI is InChI=1S/C45H80O9Si3/c1-19-20-21-22-23-24-39(46)51-43-42(48)41(47)38(28-50-55(17,18)44(14,15)16)52-45(43)40-35(27-49-45)25-36(53-56(29(2)3,30(4)5)31(6)7)26-37(40)54-57(32(8)9,33(10)11)34(12)13/h21-26,29-34,38,41-43,47-48H,19-20,27-28H2,1-18H3/b22-21+,24-23+/t38-,41-,42+,43-,45+/m1/s1. The van der Waals surface area contributed by atoms with Crippen molar-refractivity contribution in [3.05, 3.63) is 47.6 Å². The van der Waals surface area contributed by atoms with Gasteiger partial charge in [-0.05, 0) is 69.4 Å². The molecule has 0 saturated carbocycles. The summed E-state index contributed by atoms with van der Waals surface area (Å²) < 4.78 is 41.4. The molecule has 3 rings (SSSR count). The van der Waals surface area contributed by atoms with Gasteiger partial charge in [-0.15, -0.1) is 0 Å². The maximum absolute atomic E-state index is 13.6. The first-order chi connectivity index (χ1) is 26.3. The summed E-state index contributed by atoms with van der Waals surface area (Å²) in [7, 11) is -7.37. The van der Waals surface area contributed by atoms with E-state index in [0.29, 0.717) is 27.9 Å². The number of hydrogen-bond acceptors (Lipinski definition) is 9. The van der Waals surface area contributed by atoms with Crippen LogP contribution >= 0.6 is 0 Å². The Balaban J connectivity index is 2.39. The zero-order valence-electron chi connectivity index (χ0n) is 38.8. The third-order valence-corrected chi connectivity index (χ3v) is 29.8. The summed E-state index contributed by atoms with van der Waals surface area (Å²) in [4.78, 5) is 13.6. The topological polar surface area (TPSA) is 113 Å². The Hall–Kier alpha value is -1.78. The van der Waals surface area contributed by atoms with Crippen LogP contribution in [0.4, 0.5) is 0 Å². The molecule has 1 aromatic rings. The van der Waals surface area contributed by atoms with Gasteiger partial charge in [0.15, 0.2) is 14.4 Å². The van der Waals surface area contributed by atoms with Crippen LogP contribution in [-0.4, -0.2) is 72.2 Å². The Morgan fingerprint density at radius 3 is 1.86 bits per heavy atom. The van der Waals surface area contributed by atoms with Crippen LogP contribution in [0.1, 0.15) is 135 Å². The number of aliphatic hydroxyl groups is 2. The van der Waals surface area contributed by atoms with Gasteiger partial charge in [0.2, 0.25) is 5.79 Å². The van der Waals surface area contributed by atoms with E-state index >= 15 is 0 Å². The highest BCUT2D eigenvalue weighted by Gasteiger charge is 2.63. The van der Waals surface area contributed by atoms with Gasteiger partial charge < -0.3 is 37.7 Å². The van der Waals surface area contributed by atoms with Crippen LogP contribution in [0.2, 0.25) is 51.4 Å². The average molecular weight is 849 g/mol. The first-order valence-corrected chi connectivity index (χ1v) is 28.9. The lowest BCUT2D eigenvalue weighted by molar-refractivity contribution is -0.368. The van der Waals surface area contributed by atoms with Crippen molar-refractivity contribution in [2.75, 3.05) is 6.61 Å². The van der Waals surface area contributed by atoms with Crippen LogP contribution in [0.25, 0.3) is 0 Å². The molecule has 0 unspecified atom stereocenters. The van der Waals surface area contributed by atoms with Crippen molar-refractivity contribution in [2.24, 2.45) is 0 Å². The normalized spacial score (nSPS) is 23.8. The maximum atomic E-state index is 13.6. The summed E-state index contributed by atoms with van der Waals surface area (Å²) in [5, 5.41) is 23.7. The molecule has 0 amide bonds. The summed E-state index contributed by atoms with van der Waals surface area (Å²) in [5.74, 6) is -1.24. The predicted octanol–water partition coefficient (Wildman–Crippen LogP) is 11.4. The number of esters is 1. The van der Waals surface area contributed by atoms with Crippen LogP contribution in [0.3, 0.4) is 0 Å². The third-order valence-electron chi connectivity index (χ3n) is 13.3. The van der Waals surface area contributed by atoms with Crippen molar-refractivity contribution < 1.29 is 42.5 Å². The van der Waals surface area contributed by atoms with Crippen LogP contribution in [0.15, 0.2) is 36.4 Å². The van der Waals surface area contributed by atoms with Gasteiger partial charge in [-0.3, -0.25) is 0 Å². The number of fused-ring (bicyclic) bond motifs is 2. The molecule has 326 valence electrons. The lowest BCUT2D eigenvalue weighted by Crippen LogP contribution is -2.65. The molecule has 0 aliphatic carbocycles. The van der Waals surface area contributed by atoms with E-state index in [0.717, 1.165) is 24.2 Å². The number of ether oxygens (including phenoxy) is 3. The Kier molecular flexibility index (Phi) is 16.8. The second kappa shape index (κ2) is 19.3. The van der Waals surface area contributed by atoms with E-state index in [9.17, 15) is 15.0 Å². The number of aliphatic hydroxyl groups excluding tert-OH is 2. The Morgan fingerprint density at radius 2 is 1.37 bits per heavy atom. The molecule has 9 nitrogen and oxygen atoms in total. The first-order valence-electron chi connectivity index (χ1n) is 21.7. The Bertz CT molecular complexity index is 1500. The average Bonchev–Trinajstić information content (AvgIpc) is 3.45. The van der Waals surface area contributed by atoms with Crippen LogP contribution in [-0.2, 0) is 35.8 Å². The molecule has 0 radical (unpaired) electrons. The SMILES string of the molecule is CCC/C=C/C=C/C(=O)O[C@@H]1[C@@H](O)[C@H](O)[C@@H](CO[Si](C)(C)C(C)(C)C)O[C@]12OCc1cc(O[Si](C(C)C)(C(C)C)C(C)C)cc(O[Si](C(C)C)(C(C)C)C(C)C)c12. The van der Waals surface area contributed by atoms with E-state index in [4.69, 9.17) is 27.5 Å². The smallest absolute Gasteiger partial charge is 0.331 e. The number of allylic oxidation sites excluding steroid dienone is 3. The summed E-state index contributed by atoms with van der Waals surface area (Å²) >= 11 is 0. The van der Waals surface area contributed by atoms with Gasteiger partial charge in [0.05, 0.1) is 18.8 Å². The van der Waals surface area contributed by atoms with E-state index in [2.05, 4.69) is 124 Å². The summed E-state index contributed by atoms with van der Waals surface area (Å²) in [6.07, 6.45) is 3.14. The van der Waals surface area contributed by atoms with Crippen molar-refractivity contribution in [2.45, 2.75) is 212 Å². The molecule has 1 aromatic carbocycles. The molecule has 12 heteroatoms. The van der Waals surface area contributed by atoms with Crippen molar-refractivity contribution in [3.63, 3.8) is 0 Å². The molecule has 2 heterocycles. The van der Waals surface area contributed by atoms with Crippen molar-refractivity contribution in [3.8, 4) is 11.5 Å². The van der Waals surface area contributed by atoms with Crippen molar-refractivity contribution in [1.82, 2.24) is 0 Å². The molecule has 57 heavy (non-hydrogen) atoms. The highest BCUT2D eigenvalue weighted by Crippen LogP contribution is 2.55. The fourth-order valence-corrected chi connectivity index (χ4v) is 20.9. The number of benzene rings is 1. The molecule has 1 spiro atoms. The summed E-state index contributed by atoms with van der Waals surface area (Å²) in [6.45, 7) is 40.0. The van der Waals surface area contributed by atoms with Gasteiger partial charge in [0.1, 0.15) is 29.8 Å². The van der Waals surface area contributed by atoms with Gasteiger partial charge in [0, 0.05) is 12.1 Å². The van der Waals surface area contributed by atoms with E-state index in [1.165, 1.54) is 6.08 Å². The summed E-state index contributed by atoms with van der Waals surface area (Å²) in [5.41, 5.74) is 3.04. The Labute approximate surface area is 349 Å².